The van der Waals surface area contributed by atoms with Gasteiger partial charge in [0.2, 0.25) is 23.6 Å². The molecule has 3 aromatic rings. The molecule has 0 radical (unpaired) electrons. The molecule has 15 heteroatoms. The third-order valence-electron chi connectivity index (χ3n) is 6.37. The third-order valence-corrected chi connectivity index (χ3v) is 6.37. The summed E-state index contributed by atoms with van der Waals surface area (Å²) in [4.78, 5) is 69.7. The van der Waals surface area contributed by atoms with Crippen molar-refractivity contribution in [1.29, 1.82) is 0 Å². The number of phenols is 2. The highest BCUT2D eigenvalue weighted by molar-refractivity contribution is 5.96. The molecule has 2 aromatic carbocycles. The smallest absolute Gasteiger partial charge is 0.326 e. The van der Waals surface area contributed by atoms with E-state index in [2.05, 4.69) is 25.9 Å². The van der Waals surface area contributed by atoms with Gasteiger partial charge in [-0.1, -0.05) is 24.3 Å². The Labute approximate surface area is 245 Å². The summed E-state index contributed by atoms with van der Waals surface area (Å²) in [5, 5.41) is 35.9. The number of nitrogens with one attached hydrogen (secondary N) is 4. The van der Waals surface area contributed by atoms with E-state index in [4.69, 9.17) is 11.5 Å². The first-order chi connectivity index (χ1) is 20.4. The molecule has 0 saturated heterocycles. The molecule has 0 aliphatic rings. The highest BCUT2D eigenvalue weighted by atomic mass is 16.4. The third kappa shape index (κ3) is 10.2. The lowest BCUT2D eigenvalue weighted by Crippen LogP contribution is -2.58. The average Bonchev–Trinajstić information content (AvgIpc) is 3.47. The SMILES string of the molecule is NC(=O)CC(NC(=O)C(N)Cc1ccc(O)cc1)C(=O)NC(Cc1cnc[nH]1)C(=O)NC(Cc1ccc(O)cc1)C(=O)O. The van der Waals surface area contributed by atoms with Gasteiger partial charge in [-0.2, -0.15) is 0 Å². The van der Waals surface area contributed by atoms with E-state index in [-0.39, 0.29) is 30.8 Å². The van der Waals surface area contributed by atoms with E-state index in [0.717, 1.165) is 0 Å². The minimum atomic E-state index is -1.50. The van der Waals surface area contributed by atoms with Gasteiger partial charge in [0.25, 0.3) is 0 Å². The number of primary amides is 1. The average molecular weight is 596 g/mol. The van der Waals surface area contributed by atoms with E-state index in [1.54, 1.807) is 12.1 Å². The Balaban J connectivity index is 1.74. The summed E-state index contributed by atoms with van der Waals surface area (Å²) in [6.07, 6.45) is 1.94. The summed E-state index contributed by atoms with van der Waals surface area (Å²) in [5.74, 6) is -4.80. The second-order valence-electron chi connectivity index (χ2n) is 9.82. The van der Waals surface area contributed by atoms with Gasteiger partial charge >= 0.3 is 5.97 Å². The highest BCUT2D eigenvalue weighted by Gasteiger charge is 2.31. The number of imidazole rings is 1. The van der Waals surface area contributed by atoms with Crippen LogP contribution in [0.3, 0.4) is 0 Å². The van der Waals surface area contributed by atoms with E-state index in [1.807, 2.05) is 0 Å². The fraction of sp³-hybridized carbons (Fsp3) is 0.286. The molecule has 3 rings (SSSR count). The minimum Gasteiger partial charge on any atom is -0.508 e. The number of carbonyl (C=O) groups excluding carboxylic acids is 4. The predicted molar refractivity (Wildman–Crippen MR) is 151 cm³/mol. The van der Waals surface area contributed by atoms with Crippen molar-refractivity contribution in [2.45, 2.75) is 49.9 Å². The largest absolute Gasteiger partial charge is 0.508 e. The molecule has 11 N–H and O–H groups in total. The van der Waals surface area contributed by atoms with Crippen LogP contribution in [-0.2, 0) is 43.2 Å². The molecule has 4 amide bonds. The second kappa shape index (κ2) is 15.0. The van der Waals surface area contributed by atoms with Crippen molar-refractivity contribution in [2.24, 2.45) is 11.5 Å². The van der Waals surface area contributed by atoms with Gasteiger partial charge in [-0.15, -0.1) is 0 Å². The Morgan fingerprint density at radius 3 is 1.77 bits per heavy atom. The number of benzene rings is 2. The number of H-pyrrole nitrogens is 1. The topological polar surface area (TPSA) is 263 Å². The molecule has 0 aliphatic carbocycles. The lowest BCUT2D eigenvalue weighted by atomic mass is 10.0. The zero-order valence-electron chi connectivity index (χ0n) is 22.9. The number of nitrogens with zero attached hydrogens (tertiary/aromatic N) is 1. The standard InChI is InChI=1S/C28H33N7O8/c29-20(9-15-1-5-18(36)6-2-15)25(39)33-22(12-24(30)38)27(41)34-21(11-17-13-31-14-32-17)26(40)35-23(28(42)43)10-16-3-7-19(37)8-4-16/h1-8,13-14,20-23,36-37H,9-12,29H2,(H2,30,38)(H,31,32)(H,33,39)(H,34,41)(H,35,40)(H,42,43). The molecule has 1 heterocycles. The lowest BCUT2D eigenvalue weighted by molar-refractivity contribution is -0.142. The van der Waals surface area contributed by atoms with Crippen LogP contribution in [0.15, 0.2) is 61.1 Å². The summed E-state index contributed by atoms with van der Waals surface area (Å²) in [6, 6.07) is 6.37. The maximum atomic E-state index is 13.3. The first kappa shape index (κ1) is 32.1. The molecule has 1 aromatic heterocycles. The quantitative estimate of drug-likeness (QED) is 0.0991. The van der Waals surface area contributed by atoms with Gasteiger partial charge in [0.1, 0.15) is 29.6 Å². The summed E-state index contributed by atoms with van der Waals surface area (Å²) >= 11 is 0. The van der Waals surface area contributed by atoms with Crippen LogP contribution < -0.4 is 27.4 Å². The fourth-order valence-electron chi connectivity index (χ4n) is 4.11. The van der Waals surface area contributed by atoms with Crippen molar-refractivity contribution < 1.29 is 39.3 Å². The van der Waals surface area contributed by atoms with Crippen molar-refractivity contribution in [3.8, 4) is 11.5 Å². The second-order valence-corrected chi connectivity index (χ2v) is 9.82. The molecule has 4 unspecified atom stereocenters. The molecule has 0 fully saturated rings. The van der Waals surface area contributed by atoms with E-state index in [1.165, 1.54) is 48.9 Å². The first-order valence-corrected chi connectivity index (χ1v) is 13.1. The Morgan fingerprint density at radius 2 is 1.26 bits per heavy atom. The normalized spacial score (nSPS) is 13.6. The van der Waals surface area contributed by atoms with Crippen LogP contribution in [0.1, 0.15) is 23.2 Å². The number of aromatic amines is 1. The molecular formula is C28H33N7O8. The van der Waals surface area contributed by atoms with Gasteiger partial charge < -0.3 is 47.7 Å². The number of aromatic nitrogens is 2. The Hall–Kier alpha value is -5.44. The number of rotatable bonds is 15. The van der Waals surface area contributed by atoms with Crippen molar-refractivity contribution in [1.82, 2.24) is 25.9 Å². The van der Waals surface area contributed by atoms with Crippen LogP contribution in [-0.4, -0.2) is 79.1 Å². The number of carboxylic acid groups (broad SMARTS) is 1. The van der Waals surface area contributed by atoms with E-state index in [0.29, 0.717) is 16.8 Å². The fourth-order valence-corrected chi connectivity index (χ4v) is 4.11. The van der Waals surface area contributed by atoms with E-state index >= 15 is 0 Å². The van der Waals surface area contributed by atoms with Crippen LogP contribution >= 0.6 is 0 Å². The van der Waals surface area contributed by atoms with Crippen molar-refractivity contribution in [3.05, 3.63) is 77.9 Å². The Morgan fingerprint density at radius 1 is 0.744 bits per heavy atom. The van der Waals surface area contributed by atoms with Crippen LogP contribution in [0.4, 0.5) is 0 Å². The zero-order valence-corrected chi connectivity index (χ0v) is 22.9. The maximum absolute atomic E-state index is 13.3. The molecule has 4 atom stereocenters. The minimum absolute atomic E-state index is 0.0130. The summed E-state index contributed by atoms with van der Waals surface area (Å²) in [5.41, 5.74) is 12.9. The number of nitrogens with two attached hydrogens (primary N) is 2. The number of amides is 4. The van der Waals surface area contributed by atoms with Crippen LogP contribution in [0.5, 0.6) is 11.5 Å². The number of aliphatic carboxylic acids is 1. The number of phenolic OH excluding ortho intramolecular Hbond substituents is 2. The molecule has 0 spiro atoms. The van der Waals surface area contributed by atoms with Crippen molar-refractivity contribution in [3.63, 3.8) is 0 Å². The number of carboxylic acids is 1. The van der Waals surface area contributed by atoms with Crippen LogP contribution in [0.2, 0.25) is 0 Å². The predicted octanol–water partition coefficient (Wildman–Crippen LogP) is -1.41. The molecule has 0 bridgehead atoms. The molecule has 228 valence electrons. The Bertz CT molecular complexity index is 1410. The number of aromatic hydroxyl groups is 2. The number of hydrogen-bond acceptors (Lipinski definition) is 9. The summed E-state index contributed by atoms with van der Waals surface area (Å²) in [7, 11) is 0. The van der Waals surface area contributed by atoms with Crippen molar-refractivity contribution in [2.75, 3.05) is 0 Å². The number of hydrogen-bond donors (Lipinski definition) is 9. The van der Waals surface area contributed by atoms with Gasteiger partial charge in [0.15, 0.2) is 0 Å². The zero-order chi connectivity index (χ0) is 31.5. The first-order valence-electron chi connectivity index (χ1n) is 13.1. The van der Waals surface area contributed by atoms with Gasteiger partial charge in [0.05, 0.1) is 18.8 Å². The molecule has 15 nitrogen and oxygen atoms in total. The summed E-state index contributed by atoms with van der Waals surface area (Å²) in [6.45, 7) is 0. The van der Waals surface area contributed by atoms with Gasteiger partial charge in [-0.05, 0) is 41.8 Å². The van der Waals surface area contributed by atoms with Crippen LogP contribution in [0, 0.1) is 0 Å². The maximum Gasteiger partial charge on any atom is 0.326 e. The molecule has 0 aliphatic heterocycles. The van der Waals surface area contributed by atoms with Crippen molar-refractivity contribution >= 4 is 29.6 Å². The van der Waals surface area contributed by atoms with E-state index in [9.17, 15) is 39.3 Å². The Kier molecular flexibility index (Phi) is 11.2. The van der Waals surface area contributed by atoms with Gasteiger partial charge in [0, 0.05) is 24.7 Å². The van der Waals surface area contributed by atoms with Gasteiger partial charge in [-0.25, -0.2) is 9.78 Å². The molecular weight excluding hydrogens is 562 g/mol. The summed E-state index contributed by atoms with van der Waals surface area (Å²) < 4.78 is 0. The monoisotopic (exact) mass is 595 g/mol. The highest BCUT2D eigenvalue weighted by Crippen LogP contribution is 2.13. The van der Waals surface area contributed by atoms with Crippen LogP contribution in [0.25, 0.3) is 0 Å². The van der Waals surface area contributed by atoms with Gasteiger partial charge in [-0.3, -0.25) is 19.2 Å². The molecule has 43 heavy (non-hydrogen) atoms. The number of carbonyl (C=O) groups is 5. The lowest BCUT2D eigenvalue weighted by Gasteiger charge is -2.24. The van der Waals surface area contributed by atoms with E-state index < -0.39 is 60.2 Å². The molecule has 0 saturated carbocycles.